The van der Waals surface area contributed by atoms with Gasteiger partial charge in [-0.1, -0.05) is 23.8 Å². The first-order valence-electron chi connectivity index (χ1n) is 10.9. The average Bonchev–Trinajstić information content (AvgIpc) is 3.25. The lowest BCUT2D eigenvalue weighted by Crippen LogP contribution is -2.42. The van der Waals surface area contributed by atoms with Crippen LogP contribution >= 0.6 is 0 Å². The van der Waals surface area contributed by atoms with Crippen molar-refractivity contribution in [1.82, 2.24) is 15.1 Å². The van der Waals surface area contributed by atoms with Crippen LogP contribution in [0.25, 0.3) is 10.8 Å². The molecule has 3 aromatic rings. The van der Waals surface area contributed by atoms with Crippen molar-refractivity contribution in [3.8, 4) is 11.5 Å². The molecule has 0 aliphatic carbocycles. The van der Waals surface area contributed by atoms with Crippen LogP contribution in [0.5, 0.6) is 11.5 Å². The summed E-state index contributed by atoms with van der Waals surface area (Å²) in [7, 11) is 4.33. The molecule has 31 heavy (non-hydrogen) atoms. The van der Waals surface area contributed by atoms with Gasteiger partial charge < -0.3 is 24.6 Å². The lowest BCUT2D eigenvalue weighted by Gasteiger charge is -2.36. The molecular formula is C24H29N5O2. The highest BCUT2D eigenvalue weighted by Gasteiger charge is 2.23. The number of hydrogen-bond acceptors (Lipinski definition) is 7. The maximum absolute atomic E-state index is 5.50. The third kappa shape index (κ3) is 3.97. The largest absolute Gasteiger partial charge is 0.454 e. The molecule has 0 unspecified atom stereocenters. The van der Waals surface area contributed by atoms with Crippen LogP contribution in [-0.2, 0) is 6.54 Å². The van der Waals surface area contributed by atoms with E-state index in [1.807, 2.05) is 18.2 Å². The summed E-state index contributed by atoms with van der Waals surface area (Å²) in [6.45, 7) is 5.05. The van der Waals surface area contributed by atoms with Crippen molar-refractivity contribution >= 4 is 22.4 Å². The van der Waals surface area contributed by atoms with Gasteiger partial charge in [-0.3, -0.25) is 0 Å². The molecule has 2 aliphatic rings. The Morgan fingerprint density at radius 3 is 2.61 bits per heavy atom. The van der Waals surface area contributed by atoms with E-state index >= 15 is 0 Å². The van der Waals surface area contributed by atoms with Crippen molar-refractivity contribution in [1.29, 1.82) is 0 Å². The fourth-order valence-electron chi connectivity index (χ4n) is 4.45. The van der Waals surface area contributed by atoms with E-state index in [2.05, 4.69) is 64.5 Å². The summed E-state index contributed by atoms with van der Waals surface area (Å²) < 4.78 is 10.9. The molecule has 0 radical (unpaired) electrons. The molecule has 7 heteroatoms. The third-order valence-corrected chi connectivity index (χ3v) is 6.31. The first-order valence-corrected chi connectivity index (χ1v) is 10.9. The Morgan fingerprint density at radius 2 is 1.81 bits per heavy atom. The number of aromatic nitrogens is 2. The molecule has 1 aromatic heterocycles. The minimum atomic E-state index is 0.287. The van der Waals surface area contributed by atoms with Crippen LogP contribution in [0.15, 0.2) is 36.4 Å². The van der Waals surface area contributed by atoms with E-state index in [0.717, 1.165) is 65.4 Å². The van der Waals surface area contributed by atoms with E-state index in [1.54, 1.807) is 0 Å². The fourth-order valence-corrected chi connectivity index (χ4v) is 4.45. The van der Waals surface area contributed by atoms with Gasteiger partial charge in [0.15, 0.2) is 23.1 Å². The maximum atomic E-state index is 5.50. The molecule has 0 saturated carbocycles. The Kier molecular flexibility index (Phi) is 5.28. The van der Waals surface area contributed by atoms with E-state index in [9.17, 15) is 0 Å². The summed E-state index contributed by atoms with van der Waals surface area (Å²) in [5.41, 5.74) is 2.32. The molecular weight excluding hydrogens is 390 g/mol. The topological polar surface area (TPSA) is 62.8 Å². The van der Waals surface area contributed by atoms with Gasteiger partial charge in [0.1, 0.15) is 0 Å². The number of anilines is 2. The first-order chi connectivity index (χ1) is 15.1. The predicted octanol–water partition coefficient (Wildman–Crippen LogP) is 3.81. The summed E-state index contributed by atoms with van der Waals surface area (Å²) >= 11 is 0. The zero-order chi connectivity index (χ0) is 21.4. The molecule has 0 atom stereocenters. The van der Waals surface area contributed by atoms with Crippen LogP contribution in [0.2, 0.25) is 0 Å². The number of hydrogen-bond donors (Lipinski definition) is 1. The van der Waals surface area contributed by atoms with Crippen molar-refractivity contribution in [2.45, 2.75) is 32.4 Å². The monoisotopic (exact) mass is 419 g/mol. The maximum Gasteiger partial charge on any atom is 0.231 e. The van der Waals surface area contributed by atoms with E-state index in [0.29, 0.717) is 12.6 Å². The molecule has 1 N–H and O–H groups in total. The number of benzene rings is 2. The lowest BCUT2D eigenvalue weighted by molar-refractivity contribution is 0.174. The number of nitrogens with zero attached hydrogens (tertiary/aromatic N) is 4. The number of ether oxygens (including phenoxy) is 2. The summed E-state index contributed by atoms with van der Waals surface area (Å²) in [5, 5.41) is 15.0. The molecule has 1 fully saturated rings. The van der Waals surface area contributed by atoms with Crippen molar-refractivity contribution in [2.75, 3.05) is 44.2 Å². The average molecular weight is 420 g/mol. The summed E-state index contributed by atoms with van der Waals surface area (Å²) in [6.07, 6.45) is 2.29. The first kappa shape index (κ1) is 19.9. The Bertz CT molecular complexity index is 1090. The van der Waals surface area contributed by atoms with Crippen molar-refractivity contribution in [2.24, 2.45) is 0 Å². The van der Waals surface area contributed by atoms with Crippen LogP contribution in [0, 0.1) is 6.92 Å². The van der Waals surface area contributed by atoms with Crippen LogP contribution in [0.4, 0.5) is 11.6 Å². The van der Waals surface area contributed by atoms with E-state index in [1.165, 1.54) is 5.56 Å². The van der Waals surface area contributed by atoms with Crippen molar-refractivity contribution in [3.05, 3.63) is 47.5 Å². The van der Waals surface area contributed by atoms with E-state index in [-0.39, 0.29) is 6.79 Å². The number of aryl methyl sites for hydroxylation is 1. The second-order valence-corrected chi connectivity index (χ2v) is 8.64. The van der Waals surface area contributed by atoms with Gasteiger partial charge in [0.25, 0.3) is 0 Å². The zero-order valence-corrected chi connectivity index (χ0v) is 18.4. The number of piperidine rings is 1. The van der Waals surface area contributed by atoms with Gasteiger partial charge in [-0.05, 0) is 57.6 Å². The summed E-state index contributed by atoms with van der Waals surface area (Å²) in [4.78, 5) is 4.71. The molecule has 5 rings (SSSR count). The van der Waals surface area contributed by atoms with Gasteiger partial charge in [-0.25, -0.2) is 0 Å². The van der Waals surface area contributed by atoms with Gasteiger partial charge in [0.2, 0.25) is 6.79 Å². The molecule has 0 amide bonds. The summed E-state index contributed by atoms with van der Waals surface area (Å²) in [5.74, 6) is 3.39. The van der Waals surface area contributed by atoms with Crippen LogP contribution in [-0.4, -0.2) is 55.1 Å². The molecule has 2 aliphatic heterocycles. The Morgan fingerprint density at radius 1 is 1.00 bits per heavy atom. The normalized spacial score (nSPS) is 16.3. The van der Waals surface area contributed by atoms with E-state index in [4.69, 9.17) is 9.47 Å². The van der Waals surface area contributed by atoms with Gasteiger partial charge in [0, 0.05) is 36.4 Å². The SMILES string of the molecule is Cc1ccc2c(N3CCC(N(C)C)CC3)nnc(NCc3ccc4c(c3)OCO4)c2c1. The second kappa shape index (κ2) is 8.23. The van der Waals surface area contributed by atoms with Gasteiger partial charge in [-0.2, -0.15) is 0 Å². The third-order valence-electron chi connectivity index (χ3n) is 6.31. The van der Waals surface area contributed by atoms with E-state index < -0.39 is 0 Å². The zero-order valence-electron chi connectivity index (χ0n) is 18.4. The minimum absolute atomic E-state index is 0.287. The molecule has 7 nitrogen and oxygen atoms in total. The number of fused-ring (bicyclic) bond motifs is 2. The van der Waals surface area contributed by atoms with Gasteiger partial charge in [-0.15, -0.1) is 10.2 Å². The second-order valence-electron chi connectivity index (χ2n) is 8.64. The minimum Gasteiger partial charge on any atom is -0.454 e. The molecule has 2 aromatic carbocycles. The molecule has 1 saturated heterocycles. The van der Waals surface area contributed by atoms with Gasteiger partial charge >= 0.3 is 0 Å². The smallest absolute Gasteiger partial charge is 0.231 e. The predicted molar refractivity (Wildman–Crippen MR) is 123 cm³/mol. The quantitative estimate of drug-likeness (QED) is 0.675. The lowest BCUT2D eigenvalue weighted by atomic mass is 10.0. The Hall–Kier alpha value is -3.06. The molecule has 0 bridgehead atoms. The van der Waals surface area contributed by atoms with Gasteiger partial charge in [0.05, 0.1) is 0 Å². The van der Waals surface area contributed by atoms with Crippen LogP contribution in [0.1, 0.15) is 24.0 Å². The van der Waals surface area contributed by atoms with Crippen molar-refractivity contribution in [3.63, 3.8) is 0 Å². The molecule has 3 heterocycles. The highest BCUT2D eigenvalue weighted by molar-refractivity contribution is 5.99. The Labute approximate surface area is 183 Å². The van der Waals surface area contributed by atoms with Crippen LogP contribution < -0.4 is 19.7 Å². The molecule has 162 valence electrons. The number of rotatable bonds is 5. The standard InChI is InChI=1S/C24H29N5O2/c1-16-4-6-19-20(12-16)23(25-14-17-5-7-21-22(13-17)31-15-30-21)26-27-24(19)29-10-8-18(9-11-29)28(2)3/h4-7,12-13,18H,8-11,14-15H2,1-3H3,(H,25,26). The highest BCUT2D eigenvalue weighted by atomic mass is 16.7. The fraction of sp³-hybridized carbons (Fsp3) is 0.417. The van der Waals surface area contributed by atoms with Crippen LogP contribution in [0.3, 0.4) is 0 Å². The highest BCUT2D eigenvalue weighted by Crippen LogP contribution is 2.34. The summed E-state index contributed by atoms with van der Waals surface area (Å²) in [6, 6.07) is 13.2. The Balaban J connectivity index is 1.39. The number of nitrogens with one attached hydrogen (secondary N) is 1. The van der Waals surface area contributed by atoms with Crippen molar-refractivity contribution < 1.29 is 9.47 Å². The molecule has 0 spiro atoms.